The van der Waals surface area contributed by atoms with Gasteiger partial charge >= 0.3 is 5.97 Å². The average Bonchev–Trinajstić information content (AvgIpc) is 3.37. The molecule has 0 saturated carbocycles. The van der Waals surface area contributed by atoms with Crippen LogP contribution in [0.1, 0.15) is 29.5 Å². The van der Waals surface area contributed by atoms with Gasteiger partial charge < -0.3 is 18.8 Å². The van der Waals surface area contributed by atoms with E-state index in [4.69, 9.17) is 25.8 Å². The number of halogens is 1. The Morgan fingerprint density at radius 3 is 2.75 bits per heavy atom. The van der Waals surface area contributed by atoms with Gasteiger partial charge in [-0.15, -0.1) is 0 Å². The van der Waals surface area contributed by atoms with Crippen LogP contribution in [0, 0.1) is 0 Å². The van der Waals surface area contributed by atoms with Crippen molar-refractivity contribution in [1.29, 1.82) is 0 Å². The van der Waals surface area contributed by atoms with Crippen LogP contribution in [0.5, 0.6) is 11.5 Å². The highest BCUT2D eigenvalue weighted by molar-refractivity contribution is 7.89. The third kappa shape index (κ3) is 4.01. The summed E-state index contributed by atoms with van der Waals surface area (Å²) in [6.07, 6.45) is 0.821. The van der Waals surface area contributed by atoms with Crippen LogP contribution in [0.3, 0.4) is 0 Å². The van der Waals surface area contributed by atoms with E-state index in [-0.39, 0.29) is 28.9 Å². The molecule has 0 saturated heterocycles. The Balaban J connectivity index is 1.61. The molecule has 0 atom stereocenters. The van der Waals surface area contributed by atoms with Gasteiger partial charge in [-0.25, -0.2) is 22.5 Å². The van der Waals surface area contributed by atoms with Crippen LogP contribution >= 0.6 is 11.6 Å². The van der Waals surface area contributed by atoms with E-state index >= 15 is 0 Å². The minimum Gasteiger partial charge on any atom is -0.454 e. The van der Waals surface area contributed by atoms with Crippen molar-refractivity contribution in [2.75, 3.05) is 20.9 Å². The number of carbonyl (C=O) groups excluding carboxylic acids is 1. The minimum atomic E-state index is -3.59. The zero-order valence-corrected chi connectivity index (χ0v) is 19.4. The molecule has 1 aromatic heterocycles. The van der Waals surface area contributed by atoms with Gasteiger partial charge in [0.2, 0.25) is 16.8 Å². The van der Waals surface area contributed by atoms with Crippen molar-refractivity contribution in [3.8, 4) is 11.5 Å². The third-order valence-electron chi connectivity index (χ3n) is 5.02. The SMILES string of the molecule is CCCn1c(COC(=O)c2cc(Cl)c3c(c2)OCO3)nc2cc(S(=O)(=O)N(C)C)ccc21. The number of hydrogen-bond donors (Lipinski definition) is 0. The number of carbonyl (C=O) groups is 1. The number of esters is 1. The van der Waals surface area contributed by atoms with Crippen LogP contribution < -0.4 is 9.47 Å². The molecule has 0 bridgehead atoms. The summed E-state index contributed by atoms with van der Waals surface area (Å²) in [6, 6.07) is 7.78. The molecular weight excluding hydrogens is 458 g/mol. The Labute approximate surface area is 190 Å². The highest BCUT2D eigenvalue weighted by Gasteiger charge is 2.23. The van der Waals surface area contributed by atoms with E-state index in [0.29, 0.717) is 29.4 Å². The van der Waals surface area contributed by atoms with Gasteiger partial charge in [-0.2, -0.15) is 0 Å². The number of hydrogen-bond acceptors (Lipinski definition) is 7. The van der Waals surface area contributed by atoms with Crippen LogP contribution in [0.25, 0.3) is 11.0 Å². The smallest absolute Gasteiger partial charge is 0.338 e. The largest absolute Gasteiger partial charge is 0.454 e. The van der Waals surface area contributed by atoms with Gasteiger partial charge in [0.1, 0.15) is 12.4 Å². The average molecular weight is 480 g/mol. The van der Waals surface area contributed by atoms with E-state index in [0.717, 1.165) is 16.2 Å². The Hall–Kier alpha value is -2.82. The normalized spacial score (nSPS) is 13.2. The molecule has 0 unspecified atom stereocenters. The lowest BCUT2D eigenvalue weighted by molar-refractivity contribution is 0.0458. The molecule has 0 spiro atoms. The molecule has 0 amide bonds. The second-order valence-electron chi connectivity index (χ2n) is 7.39. The molecule has 11 heteroatoms. The summed E-state index contributed by atoms with van der Waals surface area (Å²) in [5.41, 5.74) is 1.51. The standard InChI is InChI=1S/C21H22ClN3O6S/c1-4-7-25-17-6-5-14(32(27,28)24(2)3)10-16(17)23-19(25)11-29-21(26)13-8-15(22)20-18(9-13)30-12-31-20/h5-6,8-10H,4,7,11-12H2,1-3H3. The fourth-order valence-corrected chi connectivity index (χ4v) is 4.60. The Bertz CT molecular complexity index is 1300. The topological polar surface area (TPSA) is 100.0 Å². The Kier molecular flexibility index (Phi) is 6.02. The number of ether oxygens (including phenoxy) is 3. The summed E-state index contributed by atoms with van der Waals surface area (Å²) in [4.78, 5) is 17.3. The van der Waals surface area contributed by atoms with Crippen molar-refractivity contribution in [2.45, 2.75) is 31.4 Å². The van der Waals surface area contributed by atoms with Crippen LogP contribution in [-0.4, -0.2) is 49.1 Å². The first-order valence-electron chi connectivity index (χ1n) is 9.90. The molecule has 0 aliphatic carbocycles. The van der Waals surface area contributed by atoms with Crippen molar-refractivity contribution in [3.63, 3.8) is 0 Å². The van der Waals surface area contributed by atoms with E-state index in [1.54, 1.807) is 12.1 Å². The number of rotatable bonds is 7. The predicted octanol–water partition coefficient (Wildman–Crippen LogP) is 3.44. The number of fused-ring (bicyclic) bond motifs is 2. The first-order chi connectivity index (χ1) is 15.2. The number of aryl methyl sites for hydroxylation is 1. The van der Waals surface area contributed by atoms with Crippen molar-refractivity contribution in [1.82, 2.24) is 13.9 Å². The third-order valence-corrected chi connectivity index (χ3v) is 7.11. The molecule has 0 N–H and O–H groups in total. The number of nitrogens with zero attached hydrogens (tertiary/aromatic N) is 3. The predicted molar refractivity (Wildman–Crippen MR) is 118 cm³/mol. The van der Waals surface area contributed by atoms with Gasteiger partial charge in [0.25, 0.3) is 0 Å². The summed E-state index contributed by atoms with van der Waals surface area (Å²) >= 11 is 6.15. The maximum Gasteiger partial charge on any atom is 0.338 e. The van der Waals surface area contributed by atoms with Gasteiger partial charge in [-0.1, -0.05) is 18.5 Å². The van der Waals surface area contributed by atoms with Crippen LogP contribution in [0.4, 0.5) is 0 Å². The summed E-state index contributed by atoms with van der Waals surface area (Å²) in [5, 5.41) is 0.264. The van der Waals surface area contributed by atoms with Gasteiger partial charge in [0.15, 0.2) is 11.5 Å². The van der Waals surface area contributed by atoms with Gasteiger partial charge in [0.05, 0.1) is 26.5 Å². The monoisotopic (exact) mass is 479 g/mol. The molecule has 2 aromatic carbocycles. The molecule has 0 fully saturated rings. The van der Waals surface area contributed by atoms with E-state index in [1.807, 2.05) is 11.5 Å². The Morgan fingerprint density at radius 1 is 1.25 bits per heavy atom. The maximum absolute atomic E-state index is 12.6. The number of sulfonamides is 1. The molecule has 1 aliphatic heterocycles. The quantitative estimate of drug-likeness (QED) is 0.478. The first kappa shape index (κ1) is 22.4. The van der Waals surface area contributed by atoms with Crippen molar-refractivity contribution >= 4 is 38.6 Å². The maximum atomic E-state index is 12.6. The molecule has 4 rings (SSSR count). The molecule has 9 nitrogen and oxygen atoms in total. The lowest BCUT2D eigenvalue weighted by Crippen LogP contribution is -2.22. The van der Waals surface area contributed by atoms with Crippen molar-refractivity contribution in [2.24, 2.45) is 0 Å². The molecular formula is C21H22ClN3O6S. The summed E-state index contributed by atoms with van der Waals surface area (Å²) in [5.74, 6) is 0.714. The lowest BCUT2D eigenvalue weighted by Gasteiger charge is -2.11. The molecule has 1 aliphatic rings. The molecule has 32 heavy (non-hydrogen) atoms. The molecule has 0 radical (unpaired) electrons. The van der Waals surface area contributed by atoms with E-state index < -0.39 is 16.0 Å². The molecule has 2 heterocycles. The zero-order valence-electron chi connectivity index (χ0n) is 17.8. The van der Waals surface area contributed by atoms with E-state index in [2.05, 4.69) is 4.98 Å². The van der Waals surface area contributed by atoms with Crippen LogP contribution in [-0.2, 0) is 27.9 Å². The fraction of sp³-hybridized carbons (Fsp3) is 0.333. The van der Waals surface area contributed by atoms with Gasteiger partial charge in [-0.05, 0) is 36.8 Å². The van der Waals surface area contributed by atoms with Gasteiger partial charge in [0, 0.05) is 20.6 Å². The minimum absolute atomic E-state index is 0.0418. The fourth-order valence-electron chi connectivity index (χ4n) is 3.41. The molecule has 3 aromatic rings. The summed E-state index contributed by atoms with van der Waals surface area (Å²) in [6.45, 7) is 2.61. The number of benzene rings is 2. The molecule has 170 valence electrons. The second kappa shape index (κ2) is 8.61. The number of aromatic nitrogens is 2. The van der Waals surface area contributed by atoms with Gasteiger partial charge in [-0.3, -0.25) is 0 Å². The van der Waals surface area contributed by atoms with E-state index in [1.165, 1.54) is 32.3 Å². The number of imidazole rings is 1. The summed E-state index contributed by atoms with van der Waals surface area (Å²) < 4.78 is 44.0. The highest BCUT2D eigenvalue weighted by Crippen LogP contribution is 2.40. The second-order valence-corrected chi connectivity index (χ2v) is 9.94. The van der Waals surface area contributed by atoms with Crippen LogP contribution in [0.15, 0.2) is 35.2 Å². The lowest BCUT2D eigenvalue weighted by atomic mass is 10.2. The Morgan fingerprint density at radius 2 is 2.03 bits per heavy atom. The van der Waals surface area contributed by atoms with Crippen molar-refractivity contribution < 1.29 is 27.4 Å². The van der Waals surface area contributed by atoms with Crippen LogP contribution in [0.2, 0.25) is 5.02 Å². The summed E-state index contributed by atoms with van der Waals surface area (Å²) in [7, 11) is -0.642. The van der Waals surface area contributed by atoms with Crippen molar-refractivity contribution in [3.05, 3.63) is 46.7 Å². The first-order valence-corrected chi connectivity index (χ1v) is 11.7. The highest BCUT2D eigenvalue weighted by atomic mass is 35.5. The zero-order chi connectivity index (χ0) is 23.0. The van der Waals surface area contributed by atoms with E-state index in [9.17, 15) is 13.2 Å².